The summed E-state index contributed by atoms with van der Waals surface area (Å²) in [5.74, 6) is 2.08. The number of allylic oxidation sites excluding steroid dienone is 2. The van der Waals surface area contributed by atoms with E-state index < -0.39 is 0 Å². The molecule has 11 rings (SSSR count). The lowest BCUT2D eigenvalue weighted by Gasteiger charge is -2.23. The van der Waals surface area contributed by atoms with Crippen molar-refractivity contribution >= 4 is 52.2 Å². The van der Waals surface area contributed by atoms with E-state index in [9.17, 15) is 9.90 Å². The first-order valence-corrected chi connectivity index (χ1v) is 31.7. The second kappa shape index (κ2) is 29.8. The maximum atomic E-state index is 10.7. The third-order valence-corrected chi connectivity index (χ3v) is 17.8. The Hall–Kier alpha value is -6.10. The fourth-order valence-electron chi connectivity index (χ4n) is 10.8. The molecule has 3 N–H and O–H groups in total. The number of aldehydes is 1. The lowest BCUT2D eigenvalue weighted by atomic mass is 9.92. The number of pyridine rings is 2. The highest BCUT2D eigenvalue weighted by Crippen LogP contribution is 2.52. The number of carbonyl (C=O) groups is 1. The van der Waals surface area contributed by atoms with Crippen molar-refractivity contribution in [3.63, 3.8) is 0 Å². The molecule has 4 aliphatic carbocycles. The highest BCUT2D eigenvalue weighted by Gasteiger charge is 2.47. The second-order valence-corrected chi connectivity index (χ2v) is 24.5. The van der Waals surface area contributed by atoms with Crippen molar-refractivity contribution in [2.24, 2.45) is 0 Å². The molecule has 11 heteroatoms. The molecule has 440 valence electrons. The number of aromatic nitrogens is 2. The van der Waals surface area contributed by atoms with Gasteiger partial charge in [-0.25, -0.2) is 0 Å². The topological polar surface area (TPSA) is 106 Å². The van der Waals surface area contributed by atoms with Crippen LogP contribution in [0.3, 0.4) is 0 Å². The monoisotopic (exact) mass is 1180 g/mol. The molecule has 4 aliphatic rings. The summed E-state index contributed by atoms with van der Waals surface area (Å²) in [4.78, 5) is 19.7. The molecule has 0 radical (unpaired) electrons. The molecule has 1 unspecified atom stereocenters. The van der Waals surface area contributed by atoms with Crippen LogP contribution in [0, 0.1) is 0 Å². The number of para-hydroxylation sites is 2. The number of rotatable bonds is 28. The third-order valence-electron chi connectivity index (χ3n) is 16.7. The summed E-state index contributed by atoms with van der Waals surface area (Å²) < 4.78 is 12.5. The van der Waals surface area contributed by atoms with Crippen molar-refractivity contribution in [1.29, 1.82) is 0 Å². The predicted molar refractivity (Wildman–Crippen MR) is 348 cm³/mol. The first-order chi connectivity index (χ1) is 40.9. The molecule has 0 bridgehead atoms. The third kappa shape index (κ3) is 16.4. The van der Waals surface area contributed by atoms with Gasteiger partial charge in [0.2, 0.25) is 0 Å². The summed E-state index contributed by atoms with van der Waals surface area (Å²) in [6.07, 6.45) is 27.9. The van der Waals surface area contributed by atoms with E-state index in [1.165, 1.54) is 45.4 Å². The van der Waals surface area contributed by atoms with Crippen molar-refractivity contribution in [2.75, 3.05) is 6.61 Å². The Morgan fingerprint density at radius 1 is 0.607 bits per heavy atom. The van der Waals surface area contributed by atoms with Gasteiger partial charge in [0.1, 0.15) is 11.5 Å². The van der Waals surface area contributed by atoms with Gasteiger partial charge in [-0.05, 0) is 199 Å². The lowest BCUT2D eigenvalue weighted by molar-refractivity contribution is 0.112. The smallest absolute Gasteiger partial charge is 0.151 e. The zero-order valence-corrected chi connectivity index (χ0v) is 51.6. The fraction of sp³-hybridized carbons (Fsp3) is 0.384. The molecule has 8 nitrogen and oxygen atoms in total. The fourth-order valence-corrected chi connectivity index (χ4v) is 11.4. The van der Waals surface area contributed by atoms with Crippen LogP contribution in [-0.4, -0.2) is 40.2 Å². The van der Waals surface area contributed by atoms with Crippen molar-refractivity contribution in [3.05, 3.63) is 213 Å². The molecule has 2 aromatic heterocycles. The van der Waals surface area contributed by atoms with E-state index in [2.05, 4.69) is 133 Å². The Bertz CT molecular complexity index is 3360. The number of nitrogens with one attached hydrogen (secondary N) is 2. The van der Waals surface area contributed by atoms with Crippen LogP contribution in [0.1, 0.15) is 185 Å². The number of unbranched alkanes of at least 4 members (excludes halogenated alkanes) is 3. The highest BCUT2D eigenvalue weighted by atomic mass is 35.5. The number of hydrogen-bond acceptors (Lipinski definition) is 8. The minimum absolute atomic E-state index is 0.0885. The Kier molecular flexibility index (Phi) is 22.2. The molecular formula is C73H83Cl3N4O4. The maximum absolute atomic E-state index is 10.7. The number of aliphatic hydroxyl groups is 1. The number of hydrogen-bond donors (Lipinski definition) is 3. The molecule has 0 aliphatic heterocycles. The molecule has 7 aromatic rings. The van der Waals surface area contributed by atoms with Gasteiger partial charge in [0.05, 0.1) is 17.2 Å². The molecule has 0 spiro atoms. The summed E-state index contributed by atoms with van der Waals surface area (Å²) in [5.41, 5.74) is 15.2. The lowest BCUT2D eigenvalue weighted by Crippen LogP contribution is -2.29. The second-order valence-electron chi connectivity index (χ2n) is 23.3. The molecule has 1 atom stereocenters. The van der Waals surface area contributed by atoms with Crippen LogP contribution in [-0.2, 0) is 24.2 Å². The van der Waals surface area contributed by atoms with E-state index >= 15 is 0 Å². The molecular weight excluding hydrogens is 1100 g/mol. The van der Waals surface area contributed by atoms with Crippen LogP contribution in [0.15, 0.2) is 153 Å². The number of aliphatic hydroxyl groups excluding tert-OH is 1. The van der Waals surface area contributed by atoms with Gasteiger partial charge in [-0.15, -0.1) is 0 Å². The van der Waals surface area contributed by atoms with Crippen LogP contribution in [0.25, 0.3) is 33.4 Å². The number of ether oxygens (including phenoxy) is 2. The molecule has 0 amide bonds. The number of benzene rings is 5. The van der Waals surface area contributed by atoms with Gasteiger partial charge in [0.15, 0.2) is 6.29 Å². The molecule has 2 heterocycles. The summed E-state index contributed by atoms with van der Waals surface area (Å²) in [7, 11) is 0. The van der Waals surface area contributed by atoms with E-state index in [4.69, 9.17) is 44.3 Å². The van der Waals surface area contributed by atoms with E-state index in [0.717, 1.165) is 164 Å². The van der Waals surface area contributed by atoms with Gasteiger partial charge in [0.25, 0.3) is 0 Å². The number of halogens is 3. The minimum atomic E-state index is -0.117. The van der Waals surface area contributed by atoms with Crippen molar-refractivity contribution in [1.82, 2.24) is 20.6 Å². The first-order valence-electron chi connectivity index (χ1n) is 30.6. The van der Waals surface area contributed by atoms with E-state index in [0.29, 0.717) is 35.9 Å². The Morgan fingerprint density at radius 2 is 1.07 bits per heavy atom. The minimum Gasteiger partial charge on any atom is -0.490 e. The van der Waals surface area contributed by atoms with Crippen molar-refractivity contribution in [2.45, 2.75) is 172 Å². The van der Waals surface area contributed by atoms with Gasteiger partial charge in [-0.2, -0.15) is 0 Å². The zero-order chi connectivity index (χ0) is 59.1. The molecule has 4 fully saturated rings. The largest absolute Gasteiger partial charge is 0.490 e. The van der Waals surface area contributed by atoms with E-state index in [1.54, 1.807) is 12.1 Å². The van der Waals surface area contributed by atoms with Gasteiger partial charge < -0.3 is 25.2 Å². The highest BCUT2D eigenvalue weighted by molar-refractivity contribution is 6.33. The summed E-state index contributed by atoms with van der Waals surface area (Å²) >= 11 is 19.1. The maximum Gasteiger partial charge on any atom is 0.151 e. The molecule has 84 heavy (non-hydrogen) atoms. The van der Waals surface area contributed by atoms with E-state index in [1.807, 2.05) is 49.1 Å². The van der Waals surface area contributed by atoms with Crippen LogP contribution < -0.4 is 20.1 Å². The van der Waals surface area contributed by atoms with Gasteiger partial charge in [-0.1, -0.05) is 155 Å². The van der Waals surface area contributed by atoms with Gasteiger partial charge in [-0.3, -0.25) is 14.8 Å². The quantitative estimate of drug-likeness (QED) is 0.0417. The van der Waals surface area contributed by atoms with Crippen LogP contribution in [0.2, 0.25) is 15.1 Å². The van der Waals surface area contributed by atoms with Crippen molar-refractivity contribution in [3.8, 4) is 33.8 Å². The normalized spacial score (nSPS) is 15.6. The van der Waals surface area contributed by atoms with Gasteiger partial charge in [0, 0.05) is 88.2 Å². The summed E-state index contributed by atoms with van der Waals surface area (Å²) in [5, 5.41) is 19.7. The van der Waals surface area contributed by atoms with Crippen LogP contribution >= 0.6 is 34.8 Å². The number of nitrogens with zero attached hydrogens (tertiary/aromatic N) is 2. The van der Waals surface area contributed by atoms with Crippen LogP contribution in [0.5, 0.6) is 11.5 Å². The summed E-state index contributed by atoms with van der Waals surface area (Å²) in [6, 6.07) is 38.9. The van der Waals surface area contributed by atoms with E-state index in [-0.39, 0.29) is 23.6 Å². The number of carbonyl (C=O) groups excluding carboxylic acids is 1. The molecule has 0 saturated heterocycles. The zero-order valence-electron chi connectivity index (χ0n) is 49.3. The first kappa shape index (κ1) is 62.4. The Labute approximate surface area is 514 Å². The predicted octanol–water partition coefficient (Wildman–Crippen LogP) is 19.3. The standard InChI is InChI=1S/C30H35ClN2O2.C30H33ClN2O.C13H15ClO/c1-2-3-6-22(20-34)21-9-12-28(31)23(17-21)18-33-30(14-15-30)27-19-32-16-13-25(27)26-7-4-5-8-29(26)35-24-10-11-24;1-3-4-7-21(2)22-10-13-28(31)23(18-22)19-33-30(15-16-30)27-20-32-17-14-25(27)26-8-5-6-9-29(26)34-24-11-12-24;1-3-4-5-10(2)11-6-7-13(14)12(8-11)9-15/h4-5,7-9,12-13,16-17,19,22,24,33-34H,2-3,6,10-11,14-15,18,20H2,1H3;5-6,8-10,13-14,17-18,20,24,33H,2-4,7,11-12,15-16,19H2,1H3;6-9H,2-5H2,1H3. The van der Waals surface area contributed by atoms with Crippen molar-refractivity contribution < 1.29 is 19.4 Å². The Balaban J connectivity index is 0.000000163. The Morgan fingerprint density at radius 3 is 1.54 bits per heavy atom. The average Bonchev–Trinajstić information content (AvgIpc) is 4.08. The van der Waals surface area contributed by atoms with Crippen LogP contribution in [0.4, 0.5) is 0 Å². The SMILES string of the molecule is C=C(CCCC)c1ccc(Cl)c(C=O)c1.C=C(CCCC)c1ccc(Cl)c(CNC2(c3cnccc3-c3ccccc3OC3CC3)CC2)c1.CCCCC(CO)c1ccc(Cl)c(CNC2(c3cnccc3-c3ccccc3OC3CC3)CC2)c1. The molecule has 5 aromatic carbocycles. The van der Waals surface area contributed by atoms with Gasteiger partial charge >= 0.3 is 0 Å². The summed E-state index contributed by atoms with van der Waals surface area (Å²) in [6.45, 7) is 16.4. The molecule has 4 saturated carbocycles. The average molecular weight is 1190 g/mol.